The fourth-order valence-electron chi connectivity index (χ4n) is 3.59. The number of halogens is 3. The zero-order valence-corrected chi connectivity index (χ0v) is 17.1. The lowest BCUT2D eigenvalue weighted by Gasteiger charge is -2.35. The van der Waals surface area contributed by atoms with E-state index < -0.39 is 0 Å². The first-order valence-corrected chi connectivity index (χ1v) is 8.73. The Labute approximate surface area is 169 Å². The molecule has 2 aliphatic rings. The molecule has 0 spiro atoms. The lowest BCUT2D eigenvalue weighted by Crippen LogP contribution is -2.42. The molecule has 0 saturated carbocycles. The minimum absolute atomic E-state index is 0. The van der Waals surface area contributed by atoms with Crippen molar-refractivity contribution < 1.29 is 9.53 Å². The quantitative estimate of drug-likeness (QED) is 0.665. The molecule has 2 atom stereocenters. The Morgan fingerprint density at radius 2 is 2.04 bits per heavy atom. The van der Waals surface area contributed by atoms with E-state index in [1.165, 1.54) is 0 Å². The van der Waals surface area contributed by atoms with Gasteiger partial charge in [-0.1, -0.05) is 23.2 Å². The van der Waals surface area contributed by atoms with Crippen molar-refractivity contribution in [3.05, 3.63) is 28.0 Å². The Kier molecular flexibility index (Phi) is 7.55. The molecule has 0 aromatic carbocycles. The molecule has 24 heavy (non-hydrogen) atoms. The number of ether oxygens (including phenoxy) is 1. The summed E-state index contributed by atoms with van der Waals surface area (Å²) in [6, 6.07) is 1.72. The van der Waals surface area contributed by atoms with Gasteiger partial charge in [0.2, 0.25) is 5.91 Å². The van der Waals surface area contributed by atoms with Crippen molar-refractivity contribution in [2.45, 2.75) is 31.9 Å². The number of carbonyl (C=O) groups is 1. The second-order valence-corrected chi connectivity index (χ2v) is 7.17. The van der Waals surface area contributed by atoms with Crippen molar-refractivity contribution in [2.75, 3.05) is 19.7 Å². The van der Waals surface area contributed by atoms with E-state index in [4.69, 9.17) is 33.7 Å². The van der Waals surface area contributed by atoms with Crippen molar-refractivity contribution in [3.63, 3.8) is 0 Å². The first-order valence-electron chi connectivity index (χ1n) is 7.98. The van der Waals surface area contributed by atoms with Gasteiger partial charge >= 0.3 is 0 Å². The third-order valence-electron chi connectivity index (χ3n) is 4.86. The van der Waals surface area contributed by atoms with Gasteiger partial charge in [0, 0.05) is 19.3 Å². The summed E-state index contributed by atoms with van der Waals surface area (Å²) >= 11 is 12.1. The third kappa shape index (κ3) is 4.72. The normalized spacial score (nSPS) is 25.4. The number of pyridine rings is 1. The zero-order chi connectivity index (χ0) is 16.4. The lowest BCUT2D eigenvalue weighted by atomic mass is 9.84. The third-order valence-corrected chi connectivity index (χ3v) is 5.39. The molecule has 2 saturated heterocycles. The highest BCUT2D eigenvalue weighted by Crippen LogP contribution is 2.33. The average Bonchev–Trinajstić information content (AvgIpc) is 3.00. The van der Waals surface area contributed by atoms with Crippen LogP contribution in [-0.2, 0) is 16.1 Å². The molecule has 1 amide bonds. The summed E-state index contributed by atoms with van der Waals surface area (Å²) in [4.78, 5) is 18.2. The maximum absolute atomic E-state index is 11.5. The maximum atomic E-state index is 11.5. The van der Waals surface area contributed by atoms with Gasteiger partial charge in [-0.05, 0) is 44.3 Å². The molecular weight excluding hydrogens is 464 g/mol. The van der Waals surface area contributed by atoms with Crippen LogP contribution in [0.25, 0.3) is 0 Å². The highest BCUT2D eigenvalue weighted by atomic mass is 127. The van der Waals surface area contributed by atoms with Crippen LogP contribution in [0.5, 0.6) is 0 Å². The summed E-state index contributed by atoms with van der Waals surface area (Å²) in [7, 11) is 0. The van der Waals surface area contributed by atoms with Crippen LogP contribution in [0, 0.1) is 11.8 Å². The largest absolute Gasteiger partial charge is 0.377 e. The average molecular weight is 486 g/mol. The van der Waals surface area contributed by atoms with Crippen molar-refractivity contribution in [2.24, 2.45) is 17.6 Å². The number of piperidine rings is 1. The first kappa shape index (κ1) is 20.2. The molecule has 1 aromatic rings. The SMILES string of the molecule is I.NC(=O)[C@H]1CCO[C@@H]1C1CCN(Cc2ncc(Cl)cc2Cl)CC1. The lowest BCUT2D eigenvalue weighted by molar-refractivity contribution is -0.124. The highest BCUT2D eigenvalue weighted by Gasteiger charge is 2.39. The molecule has 5 nitrogen and oxygen atoms in total. The van der Waals surface area contributed by atoms with Gasteiger partial charge in [-0.3, -0.25) is 14.7 Å². The monoisotopic (exact) mass is 485 g/mol. The molecule has 2 aliphatic heterocycles. The van der Waals surface area contributed by atoms with Crippen LogP contribution < -0.4 is 5.73 Å². The number of nitrogens with two attached hydrogens (primary N) is 1. The summed E-state index contributed by atoms with van der Waals surface area (Å²) in [5, 5.41) is 1.15. The smallest absolute Gasteiger partial charge is 0.223 e. The van der Waals surface area contributed by atoms with Gasteiger partial charge in [-0.2, -0.15) is 0 Å². The maximum Gasteiger partial charge on any atom is 0.223 e. The van der Waals surface area contributed by atoms with Crippen LogP contribution in [0.1, 0.15) is 25.0 Å². The van der Waals surface area contributed by atoms with Gasteiger partial charge in [-0.25, -0.2) is 0 Å². The Morgan fingerprint density at radius 1 is 1.33 bits per heavy atom. The van der Waals surface area contributed by atoms with Crippen molar-refractivity contribution in [3.8, 4) is 0 Å². The highest BCUT2D eigenvalue weighted by molar-refractivity contribution is 14.0. The number of aromatic nitrogens is 1. The fraction of sp³-hybridized carbons (Fsp3) is 0.625. The summed E-state index contributed by atoms with van der Waals surface area (Å²) in [6.07, 6.45) is 4.37. The van der Waals surface area contributed by atoms with Gasteiger partial charge in [0.15, 0.2) is 0 Å². The number of nitrogens with zero attached hydrogens (tertiary/aromatic N) is 2. The molecule has 2 fully saturated rings. The van der Waals surface area contributed by atoms with Crippen molar-refractivity contribution in [1.29, 1.82) is 0 Å². The van der Waals surface area contributed by atoms with Gasteiger partial charge in [-0.15, -0.1) is 24.0 Å². The molecule has 2 N–H and O–H groups in total. The molecule has 0 radical (unpaired) electrons. The van der Waals surface area contributed by atoms with E-state index >= 15 is 0 Å². The molecule has 134 valence electrons. The molecule has 3 rings (SSSR count). The summed E-state index contributed by atoms with van der Waals surface area (Å²) in [5.74, 6) is 0.0471. The minimum atomic E-state index is -0.230. The summed E-state index contributed by atoms with van der Waals surface area (Å²) in [6.45, 7) is 3.24. The number of hydrogen-bond donors (Lipinski definition) is 1. The van der Waals surface area contributed by atoms with Crippen LogP contribution in [0.2, 0.25) is 10.0 Å². The molecule has 0 aliphatic carbocycles. The Balaban J connectivity index is 0.00000208. The number of likely N-dealkylation sites (tertiary alicyclic amines) is 1. The number of carbonyl (C=O) groups excluding carboxylic acids is 1. The number of hydrogen-bond acceptors (Lipinski definition) is 4. The summed E-state index contributed by atoms with van der Waals surface area (Å²) < 4.78 is 5.78. The fourth-order valence-corrected chi connectivity index (χ4v) is 4.03. The van der Waals surface area contributed by atoms with Crippen LogP contribution in [0.15, 0.2) is 12.3 Å². The standard InChI is InChI=1S/C16H21Cl2N3O2.HI/c17-11-7-13(18)14(20-8-11)9-21-4-1-10(2-5-21)15-12(16(19)22)3-6-23-15;/h7-8,10,12,15H,1-6,9H2,(H2,19,22);1H/t12-,15+;/m0./s1. The molecular formula is C16H22Cl2IN3O2. The van der Waals surface area contributed by atoms with E-state index in [2.05, 4.69) is 9.88 Å². The first-order chi connectivity index (χ1) is 11.0. The van der Waals surface area contributed by atoms with Crippen molar-refractivity contribution >= 4 is 53.1 Å². The van der Waals surface area contributed by atoms with Crippen LogP contribution in [-0.4, -0.2) is 41.6 Å². The molecule has 3 heterocycles. The predicted molar refractivity (Wildman–Crippen MR) is 105 cm³/mol. The zero-order valence-electron chi connectivity index (χ0n) is 13.3. The van der Waals surface area contributed by atoms with Gasteiger partial charge in [0.1, 0.15) is 0 Å². The number of rotatable bonds is 4. The molecule has 8 heteroatoms. The van der Waals surface area contributed by atoms with E-state index in [9.17, 15) is 4.79 Å². The van der Waals surface area contributed by atoms with Crippen LogP contribution in [0.3, 0.4) is 0 Å². The van der Waals surface area contributed by atoms with Gasteiger partial charge < -0.3 is 10.5 Å². The van der Waals surface area contributed by atoms with Crippen molar-refractivity contribution in [1.82, 2.24) is 9.88 Å². The van der Waals surface area contributed by atoms with Crippen LogP contribution in [0.4, 0.5) is 0 Å². The van der Waals surface area contributed by atoms with E-state index in [-0.39, 0.29) is 41.9 Å². The van der Waals surface area contributed by atoms with E-state index in [0.717, 1.165) is 38.0 Å². The number of primary amides is 1. The summed E-state index contributed by atoms with van der Waals surface area (Å²) in [5.41, 5.74) is 6.34. The van der Waals surface area contributed by atoms with E-state index in [1.807, 2.05) is 0 Å². The molecule has 0 bridgehead atoms. The minimum Gasteiger partial charge on any atom is -0.377 e. The van der Waals surface area contributed by atoms with Gasteiger partial charge in [0.05, 0.1) is 27.8 Å². The topological polar surface area (TPSA) is 68.5 Å². The predicted octanol–water partition coefficient (Wildman–Crippen LogP) is 3.11. The van der Waals surface area contributed by atoms with Crippen LogP contribution >= 0.6 is 47.2 Å². The van der Waals surface area contributed by atoms with E-state index in [1.54, 1.807) is 12.3 Å². The van der Waals surface area contributed by atoms with Gasteiger partial charge in [0.25, 0.3) is 0 Å². The molecule has 1 aromatic heterocycles. The Morgan fingerprint density at radius 3 is 2.67 bits per heavy atom. The Bertz CT molecular complexity index is 582. The van der Waals surface area contributed by atoms with E-state index in [0.29, 0.717) is 29.1 Å². The second kappa shape index (κ2) is 8.98. The Hall–Kier alpha value is -0.150. The number of amides is 1. The molecule has 0 unspecified atom stereocenters. The second-order valence-electron chi connectivity index (χ2n) is 6.33.